The predicted molar refractivity (Wildman–Crippen MR) is 219 cm³/mol. The second kappa shape index (κ2) is 11.0. The van der Waals surface area contributed by atoms with E-state index in [0.29, 0.717) is 0 Å². The average Bonchev–Trinajstić information content (AvgIpc) is 3.86. The van der Waals surface area contributed by atoms with E-state index in [4.69, 9.17) is 0 Å². The molecule has 0 aliphatic heterocycles. The minimum atomic E-state index is 1.15. The normalized spacial score (nSPS) is 11.9. The number of fused-ring (bicyclic) bond motifs is 10. The second-order valence-corrected chi connectivity index (χ2v) is 14.4. The molecule has 3 heterocycles. The lowest BCUT2D eigenvalue weighted by atomic mass is 9.99. The van der Waals surface area contributed by atoms with E-state index in [1.165, 1.54) is 91.7 Å². The molecule has 0 unspecified atom stereocenters. The quantitative estimate of drug-likeness (QED) is 0.177. The van der Waals surface area contributed by atoms with E-state index in [2.05, 4.69) is 191 Å². The van der Waals surface area contributed by atoms with Gasteiger partial charge in [-0.3, -0.25) is 0 Å². The van der Waals surface area contributed by atoms with Crippen molar-refractivity contribution in [1.82, 2.24) is 9.13 Å². The lowest BCUT2D eigenvalue weighted by Gasteiger charge is -2.11. The molecule has 8 aromatic carbocycles. The SMILES string of the molecule is c1ccc(-c2cccc(-c3ccc(-n4c5ccccc5c5c6c7ccccc7n(-c7ccc8sc9ccccc9c8c7)c6ccc54)cc3)c2)cc1. The molecule has 0 amide bonds. The van der Waals surface area contributed by atoms with Gasteiger partial charge in [-0.1, -0.05) is 115 Å². The third-order valence-corrected chi connectivity index (χ3v) is 11.7. The Balaban J connectivity index is 1.11. The van der Waals surface area contributed by atoms with E-state index in [-0.39, 0.29) is 0 Å². The highest BCUT2D eigenvalue weighted by Crippen LogP contribution is 2.43. The van der Waals surface area contributed by atoms with E-state index in [0.717, 1.165) is 5.69 Å². The van der Waals surface area contributed by atoms with E-state index >= 15 is 0 Å². The van der Waals surface area contributed by atoms with Gasteiger partial charge in [0.15, 0.2) is 0 Å². The van der Waals surface area contributed by atoms with Crippen LogP contribution >= 0.6 is 11.3 Å². The monoisotopic (exact) mass is 666 g/mol. The first-order valence-electron chi connectivity index (χ1n) is 17.4. The molecule has 0 N–H and O–H groups in total. The summed E-state index contributed by atoms with van der Waals surface area (Å²) in [6, 6.07) is 66.6. The van der Waals surface area contributed by atoms with Crippen molar-refractivity contribution in [3.8, 4) is 33.6 Å². The lowest BCUT2D eigenvalue weighted by molar-refractivity contribution is 1.17. The minimum Gasteiger partial charge on any atom is -0.309 e. The average molecular weight is 667 g/mol. The lowest BCUT2D eigenvalue weighted by Crippen LogP contribution is -1.95. The summed E-state index contributed by atoms with van der Waals surface area (Å²) in [4.78, 5) is 0. The summed E-state index contributed by atoms with van der Waals surface area (Å²) in [6.45, 7) is 0. The Labute approximate surface area is 298 Å². The maximum atomic E-state index is 2.46. The Bertz CT molecular complexity index is 3120. The first kappa shape index (κ1) is 28.4. The van der Waals surface area contributed by atoms with Gasteiger partial charge >= 0.3 is 0 Å². The van der Waals surface area contributed by atoms with Crippen molar-refractivity contribution in [2.45, 2.75) is 0 Å². The number of para-hydroxylation sites is 2. The Kier molecular flexibility index (Phi) is 6.16. The summed E-state index contributed by atoms with van der Waals surface area (Å²) in [5.41, 5.74) is 12.1. The maximum Gasteiger partial charge on any atom is 0.0548 e. The largest absolute Gasteiger partial charge is 0.309 e. The van der Waals surface area contributed by atoms with Crippen molar-refractivity contribution in [1.29, 1.82) is 0 Å². The highest BCUT2D eigenvalue weighted by molar-refractivity contribution is 7.25. The molecule has 2 nitrogen and oxygen atoms in total. The summed E-state index contributed by atoms with van der Waals surface area (Å²) in [5, 5.41) is 7.75. The van der Waals surface area contributed by atoms with Crippen LogP contribution in [0, 0.1) is 0 Å². The fourth-order valence-corrected chi connectivity index (χ4v) is 9.33. The van der Waals surface area contributed by atoms with Crippen LogP contribution in [0.4, 0.5) is 0 Å². The summed E-state index contributed by atoms with van der Waals surface area (Å²) in [5.74, 6) is 0. The summed E-state index contributed by atoms with van der Waals surface area (Å²) < 4.78 is 7.54. The van der Waals surface area contributed by atoms with Gasteiger partial charge in [0.25, 0.3) is 0 Å². The van der Waals surface area contributed by atoms with Crippen LogP contribution in [0.5, 0.6) is 0 Å². The van der Waals surface area contributed by atoms with E-state index < -0.39 is 0 Å². The number of nitrogens with zero attached hydrogens (tertiary/aromatic N) is 2. The molecule has 238 valence electrons. The molecule has 0 spiro atoms. The molecule has 0 aliphatic rings. The standard InChI is InChI=1S/C48H30N2S/c1-2-11-31(12-3-1)33-13-10-14-34(29-33)32-21-23-35(24-22-32)49-41-18-7-4-16-38(41)47-43(49)26-27-44-48(47)39-17-5-8-19-42(39)50(44)36-25-28-46-40(30-36)37-15-6-9-20-45(37)51-46/h1-30H. The van der Waals surface area contributed by atoms with Crippen molar-refractivity contribution in [2.75, 3.05) is 0 Å². The van der Waals surface area contributed by atoms with Crippen molar-refractivity contribution < 1.29 is 0 Å². The van der Waals surface area contributed by atoms with Gasteiger partial charge in [0.2, 0.25) is 0 Å². The van der Waals surface area contributed by atoms with Gasteiger partial charge in [0.05, 0.1) is 22.1 Å². The maximum absolute atomic E-state index is 2.46. The van der Waals surface area contributed by atoms with Crippen LogP contribution in [-0.2, 0) is 0 Å². The first-order chi connectivity index (χ1) is 25.3. The number of benzene rings is 8. The van der Waals surface area contributed by atoms with Crippen LogP contribution in [0.2, 0.25) is 0 Å². The first-order valence-corrected chi connectivity index (χ1v) is 18.3. The number of thiophene rings is 1. The number of hydrogen-bond acceptors (Lipinski definition) is 1. The smallest absolute Gasteiger partial charge is 0.0548 e. The van der Waals surface area contributed by atoms with Crippen LogP contribution in [0.3, 0.4) is 0 Å². The molecule has 0 saturated heterocycles. The highest BCUT2D eigenvalue weighted by Gasteiger charge is 2.21. The van der Waals surface area contributed by atoms with Gasteiger partial charge in [-0.2, -0.15) is 0 Å². The Morgan fingerprint density at radius 2 is 0.804 bits per heavy atom. The Morgan fingerprint density at radius 3 is 1.49 bits per heavy atom. The highest BCUT2D eigenvalue weighted by atomic mass is 32.1. The fraction of sp³-hybridized carbons (Fsp3) is 0. The van der Waals surface area contributed by atoms with Gasteiger partial charge in [-0.15, -0.1) is 11.3 Å². The molecule has 0 fully saturated rings. The summed E-state index contributed by atoms with van der Waals surface area (Å²) >= 11 is 1.87. The van der Waals surface area contributed by atoms with Crippen molar-refractivity contribution in [3.63, 3.8) is 0 Å². The summed E-state index contributed by atoms with van der Waals surface area (Å²) in [6.07, 6.45) is 0. The molecule has 0 bridgehead atoms. The van der Waals surface area contributed by atoms with Crippen LogP contribution in [0.15, 0.2) is 182 Å². The van der Waals surface area contributed by atoms with Crippen LogP contribution < -0.4 is 0 Å². The molecule has 0 aliphatic carbocycles. The molecule has 0 radical (unpaired) electrons. The molecule has 11 rings (SSSR count). The molecular formula is C48H30N2S. The zero-order chi connectivity index (χ0) is 33.5. The Morgan fingerprint density at radius 1 is 0.294 bits per heavy atom. The van der Waals surface area contributed by atoms with Crippen molar-refractivity contribution in [2.24, 2.45) is 0 Å². The van der Waals surface area contributed by atoms with Crippen molar-refractivity contribution >= 4 is 75.1 Å². The molecule has 3 heteroatoms. The molecule has 51 heavy (non-hydrogen) atoms. The van der Waals surface area contributed by atoms with Crippen LogP contribution in [-0.4, -0.2) is 9.13 Å². The second-order valence-electron chi connectivity index (χ2n) is 13.3. The molecular weight excluding hydrogens is 637 g/mol. The molecule has 0 saturated carbocycles. The van der Waals surface area contributed by atoms with Gasteiger partial charge in [0.1, 0.15) is 0 Å². The van der Waals surface area contributed by atoms with E-state index in [1.807, 2.05) is 11.3 Å². The van der Waals surface area contributed by atoms with E-state index in [1.54, 1.807) is 0 Å². The minimum absolute atomic E-state index is 1.15. The third kappa shape index (κ3) is 4.29. The van der Waals surface area contributed by atoms with E-state index in [9.17, 15) is 0 Å². The van der Waals surface area contributed by atoms with Crippen LogP contribution in [0.25, 0.3) is 97.4 Å². The topological polar surface area (TPSA) is 9.86 Å². The molecule has 0 atom stereocenters. The van der Waals surface area contributed by atoms with Gasteiger partial charge in [-0.25, -0.2) is 0 Å². The van der Waals surface area contributed by atoms with Gasteiger partial charge < -0.3 is 9.13 Å². The number of hydrogen-bond donors (Lipinski definition) is 0. The number of rotatable bonds is 4. The van der Waals surface area contributed by atoms with Crippen molar-refractivity contribution in [3.05, 3.63) is 182 Å². The number of aromatic nitrogens is 2. The zero-order valence-electron chi connectivity index (χ0n) is 27.6. The summed E-state index contributed by atoms with van der Waals surface area (Å²) in [7, 11) is 0. The predicted octanol–water partition coefficient (Wildman–Crippen LogP) is 13.6. The van der Waals surface area contributed by atoms with Gasteiger partial charge in [-0.05, 0) is 89.0 Å². The zero-order valence-corrected chi connectivity index (χ0v) is 28.4. The third-order valence-electron chi connectivity index (χ3n) is 10.5. The molecule has 11 aromatic rings. The van der Waals surface area contributed by atoms with Crippen LogP contribution in [0.1, 0.15) is 0 Å². The Hall–Kier alpha value is -6.42. The fourth-order valence-electron chi connectivity index (χ4n) is 8.24. The molecule has 3 aromatic heterocycles. The van der Waals surface area contributed by atoms with Gasteiger partial charge in [0, 0.05) is 53.1 Å².